The Morgan fingerprint density at radius 1 is 0.714 bits per heavy atom. The Balaban J connectivity index is 2.84. The monoisotopic (exact) mass is 198 g/mol. The van der Waals surface area contributed by atoms with Gasteiger partial charge in [0.25, 0.3) is 0 Å². The molecule has 0 rings (SSSR count). The molecule has 0 aromatic carbocycles. The molecule has 0 atom stereocenters. The molecule has 2 heteroatoms. The van der Waals surface area contributed by atoms with E-state index in [9.17, 15) is 0 Å². The lowest BCUT2D eigenvalue weighted by Gasteiger charge is -2.02. The highest BCUT2D eigenvalue weighted by Gasteiger charge is 1.90. The first-order chi connectivity index (χ1) is 6.91. The van der Waals surface area contributed by atoms with E-state index in [2.05, 4.69) is 13.2 Å². The smallest absolute Gasteiger partial charge is 0.0822 e. The quantitative estimate of drug-likeness (QED) is 0.218. The van der Waals surface area contributed by atoms with Crippen molar-refractivity contribution in [2.24, 2.45) is 0 Å². The maximum absolute atomic E-state index is 5.00. The summed E-state index contributed by atoms with van der Waals surface area (Å²) >= 11 is 0. The van der Waals surface area contributed by atoms with Crippen molar-refractivity contribution in [3.05, 3.63) is 25.3 Å². The lowest BCUT2D eigenvalue weighted by atomic mass is 10.2. The fourth-order valence-electron chi connectivity index (χ4n) is 1.02. The molecule has 0 aromatic rings. The van der Waals surface area contributed by atoms with Crippen LogP contribution in [0.5, 0.6) is 0 Å². The molecule has 0 aliphatic heterocycles. The Kier molecular flexibility index (Phi) is 11.9. The van der Waals surface area contributed by atoms with E-state index >= 15 is 0 Å². The first kappa shape index (κ1) is 13.4. The summed E-state index contributed by atoms with van der Waals surface area (Å²) < 4.78 is 0. The summed E-state index contributed by atoms with van der Waals surface area (Å²) in [6.07, 6.45) is 10.3. The summed E-state index contributed by atoms with van der Waals surface area (Å²) in [6.45, 7) is 8.69. The average Bonchev–Trinajstić information content (AvgIpc) is 2.21. The predicted octanol–water partition coefficient (Wildman–Crippen LogP) is 3.65. The third-order valence-corrected chi connectivity index (χ3v) is 1.86. The van der Waals surface area contributed by atoms with Crippen LogP contribution in [0.3, 0.4) is 0 Å². The third kappa shape index (κ3) is 11.4. The number of hydrogen-bond donors (Lipinski definition) is 0. The fraction of sp³-hybridized carbons (Fsp3) is 0.667. The molecule has 0 aliphatic rings. The van der Waals surface area contributed by atoms with Gasteiger partial charge in [-0.2, -0.15) is 0 Å². The van der Waals surface area contributed by atoms with Crippen molar-refractivity contribution < 1.29 is 9.78 Å². The first-order valence-corrected chi connectivity index (χ1v) is 5.38. The van der Waals surface area contributed by atoms with E-state index in [0.29, 0.717) is 13.2 Å². The zero-order valence-corrected chi connectivity index (χ0v) is 9.04. The predicted molar refractivity (Wildman–Crippen MR) is 60.0 cm³/mol. The molecule has 0 aromatic heterocycles. The van der Waals surface area contributed by atoms with Crippen LogP contribution < -0.4 is 0 Å². The van der Waals surface area contributed by atoms with Gasteiger partial charge in [-0.25, -0.2) is 9.78 Å². The Morgan fingerprint density at radius 2 is 1.14 bits per heavy atom. The molecule has 0 heterocycles. The van der Waals surface area contributed by atoms with Crippen molar-refractivity contribution in [2.75, 3.05) is 13.2 Å². The van der Waals surface area contributed by atoms with E-state index in [1.54, 1.807) is 0 Å². The van der Waals surface area contributed by atoms with E-state index in [1.807, 2.05) is 12.2 Å². The second-order valence-electron chi connectivity index (χ2n) is 3.21. The highest BCUT2D eigenvalue weighted by molar-refractivity contribution is 4.65. The maximum atomic E-state index is 5.00. The van der Waals surface area contributed by atoms with Gasteiger partial charge >= 0.3 is 0 Å². The second-order valence-corrected chi connectivity index (χ2v) is 3.21. The first-order valence-electron chi connectivity index (χ1n) is 5.38. The van der Waals surface area contributed by atoms with Gasteiger partial charge in [0.2, 0.25) is 0 Å². The minimum absolute atomic E-state index is 0.690. The SMILES string of the molecule is C=CCCCCOOCCCCC=C. The summed E-state index contributed by atoms with van der Waals surface area (Å²) in [5, 5.41) is 0. The van der Waals surface area contributed by atoms with E-state index in [1.165, 1.54) is 0 Å². The second kappa shape index (κ2) is 12.4. The van der Waals surface area contributed by atoms with Gasteiger partial charge < -0.3 is 0 Å². The molecular weight excluding hydrogens is 176 g/mol. The number of unbranched alkanes of at least 4 members (excludes halogenated alkanes) is 4. The van der Waals surface area contributed by atoms with Gasteiger partial charge in [0.1, 0.15) is 0 Å². The lowest BCUT2D eigenvalue weighted by Crippen LogP contribution is -1.98. The van der Waals surface area contributed by atoms with Gasteiger partial charge in [-0.15, -0.1) is 13.2 Å². The van der Waals surface area contributed by atoms with E-state index in [4.69, 9.17) is 9.78 Å². The minimum atomic E-state index is 0.690. The van der Waals surface area contributed by atoms with Crippen LogP contribution in [-0.2, 0) is 9.78 Å². The molecule has 0 radical (unpaired) electrons. The molecular formula is C12H22O2. The van der Waals surface area contributed by atoms with Crippen LogP contribution in [0.15, 0.2) is 25.3 Å². The molecule has 0 aliphatic carbocycles. The zero-order valence-electron chi connectivity index (χ0n) is 9.04. The summed E-state index contributed by atoms with van der Waals surface area (Å²) in [5.74, 6) is 0. The van der Waals surface area contributed by atoms with Gasteiger partial charge in [-0.05, 0) is 38.5 Å². The molecule has 0 unspecified atom stereocenters. The molecule has 82 valence electrons. The fourth-order valence-corrected chi connectivity index (χ4v) is 1.02. The van der Waals surface area contributed by atoms with Crippen LogP contribution in [0.4, 0.5) is 0 Å². The molecule has 0 saturated heterocycles. The summed E-state index contributed by atoms with van der Waals surface area (Å²) in [4.78, 5) is 10.0. The van der Waals surface area contributed by atoms with Crippen molar-refractivity contribution in [1.82, 2.24) is 0 Å². The van der Waals surface area contributed by atoms with Gasteiger partial charge in [-0.3, -0.25) is 0 Å². The van der Waals surface area contributed by atoms with Crippen molar-refractivity contribution in [2.45, 2.75) is 38.5 Å². The minimum Gasteiger partial charge on any atom is -0.237 e. The Labute approximate surface area is 87.5 Å². The van der Waals surface area contributed by atoms with Crippen LogP contribution in [-0.4, -0.2) is 13.2 Å². The van der Waals surface area contributed by atoms with Crippen molar-refractivity contribution in [3.8, 4) is 0 Å². The molecule has 0 fully saturated rings. The molecule has 0 spiro atoms. The molecule has 0 N–H and O–H groups in total. The average molecular weight is 198 g/mol. The highest BCUT2D eigenvalue weighted by atomic mass is 17.2. The van der Waals surface area contributed by atoms with Crippen molar-refractivity contribution in [1.29, 1.82) is 0 Å². The molecule has 0 saturated carbocycles. The Hall–Kier alpha value is -0.600. The van der Waals surface area contributed by atoms with Crippen LogP contribution in [0.2, 0.25) is 0 Å². The van der Waals surface area contributed by atoms with E-state index in [0.717, 1.165) is 38.5 Å². The van der Waals surface area contributed by atoms with Gasteiger partial charge in [0, 0.05) is 0 Å². The molecule has 0 amide bonds. The van der Waals surface area contributed by atoms with Crippen molar-refractivity contribution in [3.63, 3.8) is 0 Å². The van der Waals surface area contributed by atoms with Gasteiger partial charge in [-0.1, -0.05) is 12.2 Å². The standard InChI is InChI=1S/C12H22O2/c1-3-5-7-9-11-13-14-12-10-8-6-4-2/h3-4H,1-2,5-12H2. The van der Waals surface area contributed by atoms with Crippen LogP contribution in [0, 0.1) is 0 Å². The van der Waals surface area contributed by atoms with Crippen LogP contribution >= 0.6 is 0 Å². The largest absolute Gasteiger partial charge is 0.237 e. The summed E-state index contributed by atoms with van der Waals surface area (Å²) in [5.41, 5.74) is 0. The number of allylic oxidation sites excluding steroid dienone is 2. The van der Waals surface area contributed by atoms with Crippen molar-refractivity contribution >= 4 is 0 Å². The Morgan fingerprint density at radius 3 is 1.50 bits per heavy atom. The normalized spacial score (nSPS) is 10.0. The van der Waals surface area contributed by atoms with Gasteiger partial charge in [0.05, 0.1) is 13.2 Å². The third-order valence-electron chi connectivity index (χ3n) is 1.86. The summed E-state index contributed by atoms with van der Waals surface area (Å²) in [6, 6.07) is 0. The zero-order chi connectivity index (χ0) is 10.5. The maximum Gasteiger partial charge on any atom is 0.0822 e. The van der Waals surface area contributed by atoms with Crippen LogP contribution in [0.1, 0.15) is 38.5 Å². The lowest BCUT2D eigenvalue weighted by molar-refractivity contribution is -0.295. The highest BCUT2D eigenvalue weighted by Crippen LogP contribution is 1.99. The molecule has 2 nitrogen and oxygen atoms in total. The number of hydrogen-bond acceptors (Lipinski definition) is 2. The molecule has 14 heavy (non-hydrogen) atoms. The van der Waals surface area contributed by atoms with E-state index in [-0.39, 0.29) is 0 Å². The van der Waals surface area contributed by atoms with E-state index < -0.39 is 0 Å². The van der Waals surface area contributed by atoms with Gasteiger partial charge in [0.15, 0.2) is 0 Å². The topological polar surface area (TPSA) is 18.5 Å². The molecule has 0 bridgehead atoms. The number of rotatable bonds is 11. The Bertz CT molecular complexity index is 116. The summed E-state index contributed by atoms with van der Waals surface area (Å²) in [7, 11) is 0. The van der Waals surface area contributed by atoms with Crippen LogP contribution in [0.25, 0.3) is 0 Å².